The Morgan fingerprint density at radius 2 is 2.29 bits per heavy atom. The molecule has 0 bridgehead atoms. The molecule has 4 nitrogen and oxygen atoms in total. The van der Waals surface area contributed by atoms with Gasteiger partial charge in [0.1, 0.15) is 17.6 Å². The van der Waals surface area contributed by atoms with Gasteiger partial charge in [-0.05, 0) is 38.5 Å². The average Bonchev–Trinajstić information content (AvgIpc) is 2.82. The van der Waals surface area contributed by atoms with Crippen molar-refractivity contribution in [2.45, 2.75) is 39.7 Å². The van der Waals surface area contributed by atoms with Gasteiger partial charge in [-0.15, -0.1) is 0 Å². The number of fused-ring (bicyclic) bond motifs is 1. The number of benzene rings is 1. The van der Waals surface area contributed by atoms with E-state index < -0.39 is 0 Å². The lowest BCUT2D eigenvalue weighted by Gasteiger charge is -2.10. The maximum atomic E-state index is 11.7. The molecule has 1 aliphatic rings. The molecule has 1 heterocycles. The molecule has 4 heteroatoms. The molecule has 0 saturated heterocycles. The van der Waals surface area contributed by atoms with Gasteiger partial charge >= 0.3 is 0 Å². The van der Waals surface area contributed by atoms with Gasteiger partial charge in [0.25, 0.3) is 0 Å². The maximum Gasteiger partial charge on any atom is 0.244 e. The first-order valence-electron chi connectivity index (χ1n) is 7.56. The zero-order valence-electron chi connectivity index (χ0n) is 12.9. The molecule has 0 radical (unpaired) electrons. The van der Waals surface area contributed by atoms with Crippen LogP contribution in [0.3, 0.4) is 0 Å². The van der Waals surface area contributed by atoms with E-state index in [0.29, 0.717) is 13.2 Å². The highest BCUT2D eigenvalue weighted by atomic mass is 16.5. The van der Waals surface area contributed by atoms with E-state index in [-0.39, 0.29) is 12.0 Å². The molecule has 1 N–H and O–H groups in total. The number of ether oxygens (including phenoxy) is 2. The summed E-state index contributed by atoms with van der Waals surface area (Å²) < 4.78 is 11.4. The van der Waals surface area contributed by atoms with Gasteiger partial charge in [0.15, 0.2) is 0 Å². The van der Waals surface area contributed by atoms with Crippen LogP contribution in [0, 0.1) is 0 Å². The van der Waals surface area contributed by atoms with Gasteiger partial charge in [-0.2, -0.15) is 0 Å². The van der Waals surface area contributed by atoms with Gasteiger partial charge in [0.2, 0.25) is 5.91 Å². The zero-order valence-corrected chi connectivity index (χ0v) is 12.9. The predicted molar refractivity (Wildman–Crippen MR) is 83.7 cm³/mol. The number of amides is 1. The molecule has 0 spiro atoms. The van der Waals surface area contributed by atoms with Gasteiger partial charge in [0, 0.05) is 30.2 Å². The van der Waals surface area contributed by atoms with E-state index in [1.54, 1.807) is 6.08 Å². The predicted octanol–water partition coefficient (Wildman–Crippen LogP) is 2.95. The summed E-state index contributed by atoms with van der Waals surface area (Å²) in [5.74, 6) is 1.60. The summed E-state index contributed by atoms with van der Waals surface area (Å²) >= 11 is 0. The van der Waals surface area contributed by atoms with Gasteiger partial charge in [-0.1, -0.05) is 6.92 Å². The molecule has 1 unspecified atom stereocenters. The van der Waals surface area contributed by atoms with Crippen LogP contribution < -0.4 is 14.8 Å². The quantitative estimate of drug-likeness (QED) is 0.819. The SMILES string of the molecule is CCCNC(=O)/C=C/c1cc2c(cc1OCC)CC(C)O2. The van der Waals surface area contributed by atoms with Gasteiger partial charge in [0.05, 0.1) is 6.61 Å². The van der Waals surface area contributed by atoms with Crippen LogP contribution in [0.25, 0.3) is 6.08 Å². The van der Waals surface area contributed by atoms with Gasteiger partial charge in [-0.3, -0.25) is 4.79 Å². The highest BCUT2D eigenvalue weighted by Crippen LogP contribution is 2.35. The van der Waals surface area contributed by atoms with Crippen molar-refractivity contribution in [2.75, 3.05) is 13.2 Å². The Bertz CT molecular complexity index is 537. The molecular weight excluding hydrogens is 266 g/mol. The largest absolute Gasteiger partial charge is 0.493 e. The number of hydrogen-bond acceptors (Lipinski definition) is 3. The summed E-state index contributed by atoms with van der Waals surface area (Å²) in [4.78, 5) is 11.7. The topological polar surface area (TPSA) is 47.6 Å². The van der Waals surface area contributed by atoms with Crippen molar-refractivity contribution in [3.05, 3.63) is 29.3 Å². The Hall–Kier alpha value is -1.97. The third kappa shape index (κ3) is 4.00. The minimum atomic E-state index is -0.0888. The van der Waals surface area contributed by atoms with Crippen LogP contribution in [-0.4, -0.2) is 25.2 Å². The Morgan fingerprint density at radius 3 is 3.00 bits per heavy atom. The van der Waals surface area contributed by atoms with Crippen LogP contribution in [0.4, 0.5) is 0 Å². The molecule has 0 saturated carbocycles. The lowest BCUT2D eigenvalue weighted by molar-refractivity contribution is -0.116. The number of nitrogens with one attached hydrogen (secondary N) is 1. The second kappa shape index (κ2) is 7.16. The molecule has 2 rings (SSSR count). The normalized spacial score (nSPS) is 16.6. The third-order valence-electron chi connectivity index (χ3n) is 3.29. The van der Waals surface area contributed by atoms with E-state index in [9.17, 15) is 4.79 Å². The first-order chi connectivity index (χ1) is 10.1. The van der Waals surface area contributed by atoms with Gasteiger partial charge in [-0.25, -0.2) is 0 Å². The lowest BCUT2D eigenvalue weighted by atomic mass is 10.1. The molecule has 1 aliphatic heterocycles. The molecule has 1 aromatic rings. The van der Waals surface area contributed by atoms with E-state index in [1.165, 1.54) is 11.6 Å². The number of hydrogen-bond donors (Lipinski definition) is 1. The maximum absolute atomic E-state index is 11.7. The van der Waals surface area contributed by atoms with Crippen LogP contribution in [-0.2, 0) is 11.2 Å². The average molecular weight is 289 g/mol. The summed E-state index contributed by atoms with van der Waals surface area (Å²) in [7, 11) is 0. The number of carbonyl (C=O) groups excluding carboxylic acids is 1. The Kier molecular flexibility index (Phi) is 5.26. The number of rotatable bonds is 6. The fraction of sp³-hybridized carbons (Fsp3) is 0.471. The molecule has 0 aromatic heterocycles. The fourth-order valence-corrected chi connectivity index (χ4v) is 2.34. The molecule has 0 fully saturated rings. The van der Waals surface area contributed by atoms with Crippen LogP contribution in [0.1, 0.15) is 38.3 Å². The fourth-order valence-electron chi connectivity index (χ4n) is 2.34. The van der Waals surface area contributed by atoms with E-state index in [0.717, 1.165) is 29.9 Å². The zero-order chi connectivity index (χ0) is 15.2. The standard InChI is InChI=1S/C17H23NO3/c1-4-8-18-17(19)7-6-13-10-16-14(9-12(3)21-16)11-15(13)20-5-2/h6-7,10-12H,4-5,8-9H2,1-3H3,(H,18,19)/b7-6+. The van der Waals surface area contributed by atoms with Crippen molar-refractivity contribution >= 4 is 12.0 Å². The van der Waals surface area contributed by atoms with E-state index in [2.05, 4.69) is 5.32 Å². The van der Waals surface area contributed by atoms with E-state index in [1.807, 2.05) is 32.9 Å². The van der Waals surface area contributed by atoms with Crippen molar-refractivity contribution in [3.63, 3.8) is 0 Å². The first kappa shape index (κ1) is 15.4. The minimum Gasteiger partial charge on any atom is -0.493 e. The van der Waals surface area contributed by atoms with E-state index >= 15 is 0 Å². The highest BCUT2D eigenvalue weighted by Gasteiger charge is 2.21. The van der Waals surface area contributed by atoms with Crippen molar-refractivity contribution in [2.24, 2.45) is 0 Å². The second-order valence-corrected chi connectivity index (χ2v) is 5.19. The Labute approximate surface area is 126 Å². The van der Waals surface area contributed by atoms with Crippen LogP contribution >= 0.6 is 0 Å². The Morgan fingerprint density at radius 1 is 1.48 bits per heavy atom. The molecule has 1 atom stereocenters. The second-order valence-electron chi connectivity index (χ2n) is 5.19. The third-order valence-corrected chi connectivity index (χ3v) is 3.29. The molecule has 1 aromatic carbocycles. The van der Waals surface area contributed by atoms with Crippen molar-refractivity contribution < 1.29 is 14.3 Å². The molecule has 114 valence electrons. The molecule has 1 amide bonds. The summed E-state index contributed by atoms with van der Waals surface area (Å²) in [5.41, 5.74) is 2.04. The number of carbonyl (C=O) groups is 1. The molecular formula is C17H23NO3. The molecule has 21 heavy (non-hydrogen) atoms. The molecule has 0 aliphatic carbocycles. The van der Waals surface area contributed by atoms with E-state index in [4.69, 9.17) is 9.47 Å². The van der Waals surface area contributed by atoms with Crippen LogP contribution in [0.5, 0.6) is 11.5 Å². The summed E-state index contributed by atoms with van der Waals surface area (Å²) in [6.07, 6.45) is 5.34. The van der Waals surface area contributed by atoms with Crippen molar-refractivity contribution in [1.29, 1.82) is 0 Å². The van der Waals surface area contributed by atoms with Gasteiger partial charge < -0.3 is 14.8 Å². The Balaban J connectivity index is 2.19. The lowest BCUT2D eigenvalue weighted by Crippen LogP contribution is -2.21. The smallest absolute Gasteiger partial charge is 0.244 e. The first-order valence-corrected chi connectivity index (χ1v) is 7.56. The summed E-state index contributed by atoms with van der Waals surface area (Å²) in [6, 6.07) is 3.97. The minimum absolute atomic E-state index is 0.0888. The van der Waals surface area contributed by atoms with Crippen LogP contribution in [0.2, 0.25) is 0 Å². The van der Waals surface area contributed by atoms with Crippen molar-refractivity contribution in [1.82, 2.24) is 5.32 Å². The van der Waals surface area contributed by atoms with Crippen molar-refractivity contribution in [3.8, 4) is 11.5 Å². The summed E-state index contributed by atoms with van der Waals surface area (Å²) in [6.45, 7) is 7.31. The highest BCUT2D eigenvalue weighted by molar-refractivity contribution is 5.92. The van der Waals surface area contributed by atoms with Crippen LogP contribution in [0.15, 0.2) is 18.2 Å². The summed E-state index contributed by atoms with van der Waals surface area (Å²) in [5, 5.41) is 2.82. The monoisotopic (exact) mass is 289 g/mol.